The summed E-state index contributed by atoms with van der Waals surface area (Å²) >= 11 is 6.71. The van der Waals surface area contributed by atoms with Crippen LogP contribution in [-0.4, -0.2) is 26.6 Å². The molecular formula is C20H17ClF5N5O2S. The lowest BCUT2D eigenvalue weighted by Crippen LogP contribution is -2.27. The van der Waals surface area contributed by atoms with Crippen molar-refractivity contribution in [3.05, 3.63) is 38.6 Å². The maximum Gasteiger partial charge on any atom is 0.436 e. The van der Waals surface area contributed by atoms with E-state index in [-0.39, 0.29) is 32.4 Å². The Labute approximate surface area is 198 Å². The zero-order valence-electron chi connectivity index (χ0n) is 17.6. The van der Waals surface area contributed by atoms with Gasteiger partial charge in [-0.05, 0) is 38.3 Å². The largest absolute Gasteiger partial charge is 0.436 e. The fraction of sp³-hybridized carbons (Fsp3) is 0.400. The van der Waals surface area contributed by atoms with Gasteiger partial charge in [-0.2, -0.15) is 18.3 Å². The molecule has 1 fully saturated rings. The summed E-state index contributed by atoms with van der Waals surface area (Å²) in [4.78, 5) is 28.9. The average Bonchev–Trinajstić information content (AvgIpc) is 3.40. The lowest BCUT2D eigenvalue weighted by atomic mass is 10.1. The molecule has 3 aromatic heterocycles. The molecule has 2 amide bonds. The number of hydrogen-bond acceptors (Lipinski definition) is 5. The minimum absolute atomic E-state index is 0.0440. The maximum atomic E-state index is 13.4. The highest BCUT2D eigenvalue weighted by Gasteiger charge is 2.43. The standard InChI is InChI=1S/C20H17ClF5N5O2S/c1-6-5-9(16(22)23)28-19-10(6)12(14(34-19)17(27)32)29-18(33)7(2)31-13(8-3-4-8)11(21)15(30-31)20(24,25)26/h5,7-8,16H,3-4H2,1-2H3,(H2,27,32)(H,29,33). The van der Waals surface area contributed by atoms with Gasteiger partial charge in [0.05, 0.1) is 16.4 Å². The van der Waals surface area contributed by atoms with Gasteiger partial charge in [0.15, 0.2) is 5.69 Å². The van der Waals surface area contributed by atoms with E-state index in [1.54, 1.807) is 0 Å². The van der Waals surface area contributed by atoms with Crippen LogP contribution in [0.25, 0.3) is 10.2 Å². The van der Waals surface area contributed by atoms with Crippen molar-refractivity contribution in [2.24, 2.45) is 5.73 Å². The van der Waals surface area contributed by atoms with Crippen LogP contribution in [0.3, 0.4) is 0 Å². The van der Waals surface area contributed by atoms with Crippen molar-refractivity contribution in [2.75, 3.05) is 5.32 Å². The molecule has 0 aromatic carbocycles. The van der Waals surface area contributed by atoms with Gasteiger partial charge < -0.3 is 11.1 Å². The minimum Gasteiger partial charge on any atom is -0.365 e. The first kappa shape index (κ1) is 24.3. The fourth-order valence-electron chi connectivity index (χ4n) is 3.68. The predicted molar refractivity (Wildman–Crippen MR) is 115 cm³/mol. The first-order valence-electron chi connectivity index (χ1n) is 9.99. The number of aromatic nitrogens is 3. The van der Waals surface area contributed by atoms with E-state index in [1.165, 1.54) is 13.8 Å². The molecule has 3 aromatic rings. The minimum atomic E-state index is -4.81. The highest BCUT2D eigenvalue weighted by atomic mass is 35.5. The number of alkyl halides is 5. The second-order valence-corrected chi connectivity index (χ2v) is 9.32. The quantitative estimate of drug-likeness (QED) is 0.413. The number of anilines is 1. The maximum absolute atomic E-state index is 13.4. The van der Waals surface area contributed by atoms with Crippen molar-refractivity contribution >= 4 is 50.7 Å². The number of carbonyl (C=O) groups is 2. The first-order valence-corrected chi connectivity index (χ1v) is 11.2. The third-order valence-electron chi connectivity index (χ3n) is 5.44. The number of rotatable bonds is 6. The second-order valence-electron chi connectivity index (χ2n) is 7.94. The molecule has 4 rings (SSSR count). The number of thiophene rings is 1. The summed E-state index contributed by atoms with van der Waals surface area (Å²) in [5.41, 5.74) is 4.01. The Kier molecular flexibility index (Phi) is 6.05. The zero-order chi connectivity index (χ0) is 25.1. The number of hydrogen-bond donors (Lipinski definition) is 2. The average molecular weight is 522 g/mol. The van der Waals surface area contributed by atoms with Crippen molar-refractivity contribution in [1.29, 1.82) is 0 Å². The van der Waals surface area contributed by atoms with E-state index >= 15 is 0 Å². The van der Waals surface area contributed by atoms with Gasteiger partial charge in [0, 0.05) is 11.3 Å². The van der Waals surface area contributed by atoms with Crippen LogP contribution in [0.2, 0.25) is 5.02 Å². The highest BCUT2D eigenvalue weighted by molar-refractivity contribution is 7.21. The number of carbonyl (C=O) groups excluding carboxylic acids is 2. The molecule has 1 aliphatic carbocycles. The third-order valence-corrected chi connectivity index (χ3v) is 6.91. The van der Waals surface area contributed by atoms with Crippen LogP contribution in [-0.2, 0) is 11.0 Å². The van der Waals surface area contributed by atoms with Crippen LogP contribution < -0.4 is 11.1 Å². The van der Waals surface area contributed by atoms with Gasteiger partial charge in [-0.1, -0.05) is 11.6 Å². The number of primary amides is 1. The second kappa shape index (κ2) is 8.45. The molecule has 1 aliphatic rings. The summed E-state index contributed by atoms with van der Waals surface area (Å²) in [6, 6.07) is -0.119. The van der Waals surface area contributed by atoms with Crippen molar-refractivity contribution in [3.8, 4) is 0 Å². The SMILES string of the molecule is Cc1cc(C(F)F)nc2sc(C(N)=O)c(NC(=O)C(C)n3nc(C(F)(F)F)c(Cl)c3C3CC3)c12. The Hall–Kier alpha value is -2.80. The lowest BCUT2D eigenvalue weighted by Gasteiger charge is -2.16. The molecule has 34 heavy (non-hydrogen) atoms. The molecule has 0 radical (unpaired) electrons. The van der Waals surface area contributed by atoms with Gasteiger partial charge in [0.1, 0.15) is 21.4 Å². The summed E-state index contributed by atoms with van der Waals surface area (Å²) in [5.74, 6) is -1.98. The normalized spacial score (nSPS) is 15.2. The molecule has 3 heterocycles. The van der Waals surface area contributed by atoms with Crippen LogP contribution in [0, 0.1) is 6.92 Å². The Morgan fingerprint density at radius 2 is 1.97 bits per heavy atom. The Bertz CT molecular complexity index is 1320. The van der Waals surface area contributed by atoms with E-state index in [2.05, 4.69) is 15.4 Å². The Balaban J connectivity index is 1.76. The van der Waals surface area contributed by atoms with Gasteiger partial charge in [-0.3, -0.25) is 14.3 Å². The summed E-state index contributed by atoms with van der Waals surface area (Å²) in [6.07, 6.45) is -6.45. The molecule has 1 unspecified atom stereocenters. The molecular weight excluding hydrogens is 505 g/mol. The monoisotopic (exact) mass is 521 g/mol. The van der Waals surface area contributed by atoms with Crippen LogP contribution in [0.5, 0.6) is 0 Å². The number of nitrogens with one attached hydrogen (secondary N) is 1. The van der Waals surface area contributed by atoms with Gasteiger partial charge in [-0.25, -0.2) is 13.8 Å². The number of aryl methyl sites for hydroxylation is 1. The van der Waals surface area contributed by atoms with Gasteiger partial charge in [0.25, 0.3) is 12.3 Å². The van der Waals surface area contributed by atoms with E-state index in [0.717, 1.165) is 22.1 Å². The molecule has 1 atom stereocenters. The lowest BCUT2D eigenvalue weighted by molar-refractivity contribution is -0.141. The molecule has 0 aliphatic heterocycles. The fourth-order valence-corrected chi connectivity index (χ4v) is 5.13. The summed E-state index contributed by atoms with van der Waals surface area (Å²) < 4.78 is 67.4. The van der Waals surface area contributed by atoms with Crippen molar-refractivity contribution in [2.45, 2.75) is 51.3 Å². The highest BCUT2D eigenvalue weighted by Crippen LogP contribution is 2.48. The van der Waals surface area contributed by atoms with Crippen molar-refractivity contribution < 1.29 is 31.5 Å². The van der Waals surface area contributed by atoms with E-state index in [0.29, 0.717) is 18.4 Å². The van der Waals surface area contributed by atoms with Gasteiger partial charge in [-0.15, -0.1) is 11.3 Å². The predicted octanol–water partition coefficient (Wildman–Crippen LogP) is 5.59. The van der Waals surface area contributed by atoms with Gasteiger partial charge >= 0.3 is 6.18 Å². The van der Waals surface area contributed by atoms with Crippen molar-refractivity contribution in [1.82, 2.24) is 14.8 Å². The van der Waals surface area contributed by atoms with E-state index in [1.807, 2.05) is 0 Å². The molecule has 0 saturated heterocycles. The summed E-state index contributed by atoms with van der Waals surface area (Å²) in [5, 5.41) is 5.78. The van der Waals surface area contributed by atoms with Crippen LogP contribution in [0.1, 0.15) is 70.5 Å². The van der Waals surface area contributed by atoms with Crippen LogP contribution >= 0.6 is 22.9 Å². The van der Waals surface area contributed by atoms with E-state index in [9.17, 15) is 31.5 Å². The Morgan fingerprint density at radius 1 is 1.32 bits per heavy atom. The summed E-state index contributed by atoms with van der Waals surface area (Å²) in [7, 11) is 0. The molecule has 14 heteroatoms. The zero-order valence-corrected chi connectivity index (χ0v) is 19.2. The molecule has 3 N–H and O–H groups in total. The topological polar surface area (TPSA) is 103 Å². The number of halogens is 6. The van der Waals surface area contributed by atoms with Crippen LogP contribution in [0.4, 0.5) is 27.6 Å². The van der Waals surface area contributed by atoms with E-state index in [4.69, 9.17) is 17.3 Å². The smallest absolute Gasteiger partial charge is 0.365 e. The van der Waals surface area contributed by atoms with Crippen molar-refractivity contribution in [3.63, 3.8) is 0 Å². The molecule has 0 bridgehead atoms. The molecule has 7 nitrogen and oxygen atoms in total. The molecule has 182 valence electrons. The first-order chi connectivity index (χ1) is 15.8. The number of pyridine rings is 1. The van der Waals surface area contributed by atoms with Gasteiger partial charge in [0.2, 0.25) is 5.91 Å². The molecule has 0 spiro atoms. The number of nitrogens with zero attached hydrogens (tertiary/aromatic N) is 3. The number of amides is 2. The van der Waals surface area contributed by atoms with E-state index < -0.39 is 46.9 Å². The molecule has 1 saturated carbocycles. The number of fused-ring (bicyclic) bond motifs is 1. The summed E-state index contributed by atoms with van der Waals surface area (Å²) in [6.45, 7) is 2.84. The number of nitrogens with two attached hydrogens (primary N) is 1. The third kappa shape index (κ3) is 4.22. The van der Waals surface area contributed by atoms with Crippen LogP contribution in [0.15, 0.2) is 6.07 Å². The Morgan fingerprint density at radius 3 is 2.50 bits per heavy atom.